The van der Waals surface area contributed by atoms with Crippen molar-refractivity contribution in [3.05, 3.63) is 18.0 Å². The monoisotopic (exact) mass is 235 g/mol. The lowest BCUT2D eigenvalue weighted by molar-refractivity contribution is -0.138. The van der Waals surface area contributed by atoms with E-state index in [1.165, 1.54) is 0 Å². The fourth-order valence-corrected chi connectivity index (χ4v) is 1.60. The van der Waals surface area contributed by atoms with E-state index >= 15 is 0 Å². The molecule has 1 rings (SSSR count). The van der Waals surface area contributed by atoms with Gasteiger partial charge in [-0.15, -0.1) is 6.42 Å². The average molecular weight is 235 g/mol. The van der Waals surface area contributed by atoms with E-state index in [2.05, 4.69) is 11.0 Å². The molecular formula is C12H17N3O2. The van der Waals surface area contributed by atoms with E-state index in [9.17, 15) is 4.79 Å². The van der Waals surface area contributed by atoms with Crippen LogP contribution in [0.25, 0.3) is 0 Å². The number of aromatic nitrogens is 2. The highest BCUT2D eigenvalue weighted by Gasteiger charge is 2.18. The predicted octanol–water partition coefficient (Wildman–Crippen LogP) is 0.984. The molecule has 0 aliphatic rings. The van der Waals surface area contributed by atoms with Crippen LogP contribution in [-0.2, 0) is 11.3 Å². The molecule has 0 saturated heterocycles. The zero-order valence-electron chi connectivity index (χ0n) is 10.1. The Morgan fingerprint density at radius 1 is 1.76 bits per heavy atom. The van der Waals surface area contributed by atoms with Crippen molar-refractivity contribution in [3.8, 4) is 12.3 Å². The number of aryl methyl sites for hydroxylation is 1. The zero-order valence-corrected chi connectivity index (χ0v) is 10.1. The second-order valence-corrected chi connectivity index (χ2v) is 3.81. The number of carbonyl (C=O) groups is 1. The van der Waals surface area contributed by atoms with Crippen molar-refractivity contribution in [1.82, 2.24) is 14.7 Å². The number of aliphatic carboxylic acids is 1. The molecule has 0 saturated carbocycles. The molecule has 17 heavy (non-hydrogen) atoms. The van der Waals surface area contributed by atoms with Crippen LogP contribution in [0.4, 0.5) is 0 Å². The topological polar surface area (TPSA) is 58.4 Å². The number of nitrogens with zero attached hydrogens (tertiary/aromatic N) is 3. The first-order valence-corrected chi connectivity index (χ1v) is 5.50. The molecule has 1 N–H and O–H groups in total. The van der Waals surface area contributed by atoms with Gasteiger partial charge in [-0.25, -0.2) is 0 Å². The van der Waals surface area contributed by atoms with Gasteiger partial charge in [0.15, 0.2) is 0 Å². The van der Waals surface area contributed by atoms with Crippen molar-refractivity contribution >= 4 is 5.97 Å². The first kappa shape index (κ1) is 13.3. The summed E-state index contributed by atoms with van der Waals surface area (Å²) < 4.78 is 1.81. The third-order valence-corrected chi connectivity index (χ3v) is 2.64. The molecule has 1 atom stereocenters. The number of carboxylic acids is 1. The third-order valence-electron chi connectivity index (χ3n) is 2.64. The summed E-state index contributed by atoms with van der Waals surface area (Å²) in [4.78, 5) is 12.5. The molecule has 1 aromatic rings. The van der Waals surface area contributed by atoms with Crippen LogP contribution in [0, 0.1) is 12.3 Å². The van der Waals surface area contributed by atoms with E-state index < -0.39 is 5.97 Å². The van der Waals surface area contributed by atoms with Gasteiger partial charge in [0.25, 0.3) is 0 Å². The van der Waals surface area contributed by atoms with Gasteiger partial charge in [-0.3, -0.25) is 14.4 Å². The van der Waals surface area contributed by atoms with Gasteiger partial charge in [0.2, 0.25) is 0 Å². The van der Waals surface area contributed by atoms with Crippen LogP contribution in [0.3, 0.4) is 0 Å². The van der Waals surface area contributed by atoms with Crippen LogP contribution >= 0.6 is 0 Å². The summed E-state index contributed by atoms with van der Waals surface area (Å²) in [5.41, 5.74) is 0.975. The van der Waals surface area contributed by atoms with Gasteiger partial charge in [-0.2, -0.15) is 5.10 Å². The lowest BCUT2D eigenvalue weighted by Crippen LogP contribution is -2.32. The Morgan fingerprint density at radius 3 is 2.94 bits per heavy atom. The maximum Gasteiger partial charge on any atom is 0.317 e. The summed E-state index contributed by atoms with van der Waals surface area (Å²) in [5, 5.41) is 13.0. The maximum absolute atomic E-state index is 10.8. The van der Waals surface area contributed by atoms with Crippen molar-refractivity contribution in [2.45, 2.75) is 26.4 Å². The van der Waals surface area contributed by atoms with E-state index in [0.29, 0.717) is 6.54 Å². The van der Waals surface area contributed by atoms with Crippen LogP contribution in [0.2, 0.25) is 0 Å². The quantitative estimate of drug-likeness (QED) is 0.747. The largest absolute Gasteiger partial charge is 0.480 e. The SMILES string of the molecule is C#CCN(CC(=O)O)C(C)c1cnn(CC)c1. The molecule has 5 nitrogen and oxygen atoms in total. The first-order valence-electron chi connectivity index (χ1n) is 5.50. The van der Waals surface area contributed by atoms with Crippen molar-refractivity contribution < 1.29 is 9.90 Å². The lowest BCUT2D eigenvalue weighted by Gasteiger charge is -2.24. The highest BCUT2D eigenvalue weighted by atomic mass is 16.4. The molecule has 0 bridgehead atoms. The molecule has 0 radical (unpaired) electrons. The van der Waals surface area contributed by atoms with Gasteiger partial charge in [-0.05, 0) is 13.8 Å². The van der Waals surface area contributed by atoms with Crippen LogP contribution < -0.4 is 0 Å². The number of carboxylic acid groups (broad SMARTS) is 1. The second kappa shape index (κ2) is 6.06. The molecule has 0 aliphatic heterocycles. The van der Waals surface area contributed by atoms with E-state index in [1.54, 1.807) is 15.8 Å². The van der Waals surface area contributed by atoms with E-state index in [0.717, 1.165) is 12.1 Å². The molecule has 1 unspecified atom stereocenters. The smallest absolute Gasteiger partial charge is 0.317 e. The summed E-state index contributed by atoms with van der Waals surface area (Å²) in [5.74, 6) is 1.60. The summed E-state index contributed by atoms with van der Waals surface area (Å²) in [7, 11) is 0. The summed E-state index contributed by atoms with van der Waals surface area (Å²) in [6.45, 7) is 4.96. The standard InChI is InChI=1S/C12H17N3O2/c1-4-6-14(9-12(16)17)10(3)11-7-13-15(5-2)8-11/h1,7-8,10H,5-6,9H2,2-3H3,(H,16,17). The van der Waals surface area contributed by atoms with Gasteiger partial charge >= 0.3 is 5.97 Å². The molecule has 1 heterocycles. The van der Waals surface area contributed by atoms with Gasteiger partial charge in [-0.1, -0.05) is 5.92 Å². The Labute approximate surface area is 101 Å². The van der Waals surface area contributed by atoms with E-state index in [1.807, 2.05) is 20.0 Å². The Balaban J connectivity index is 2.79. The Kier molecular flexibility index (Phi) is 4.73. The minimum Gasteiger partial charge on any atom is -0.480 e. The highest BCUT2D eigenvalue weighted by molar-refractivity contribution is 5.69. The average Bonchev–Trinajstić information content (AvgIpc) is 2.75. The van der Waals surface area contributed by atoms with Crippen molar-refractivity contribution in [1.29, 1.82) is 0 Å². The molecule has 92 valence electrons. The van der Waals surface area contributed by atoms with Gasteiger partial charge in [0, 0.05) is 24.3 Å². The van der Waals surface area contributed by atoms with Crippen molar-refractivity contribution in [2.24, 2.45) is 0 Å². The fourth-order valence-electron chi connectivity index (χ4n) is 1.60. The van der Waals surface area contributed by atoms with Crippen LogP contribution in [0.15, 0.2) is 12.4 Å². The van der Waals surface area contributed by atoms with Crippen LogP contribution in [0.1, 0.15) is 25.5 Å². The molecular weight excluding hydrogens is 218 g/mol. The van der Waals surface area contributed by atoms with Gasteiger partial charge in [0.1, 0.15) is 0 Å². The number of hydrogen-bond acceptors (Lipinski definition) is 3. The predicted molar refractivity (Wildman–Crippen MR) is 64.4 cm³/mol. The van der Waals surface area contributed by atoms with E-state index in [-0.39, 0.29) is 12.6 Å². The third kappa shape index (κ3) is 3.61. The molecule has 1 aromatic heterocycles. The molecule has 0 amide bonds. The van der Waals surface area contributed by atoms with Crippen LogP contribution in [0.5, 0.6) is 0 Å². The molecule has 0 spiro atoms. The number of rotatable bonds is 6. The van der Waals surface area contributed by atoms with Crippen LogP contribution in [-0.4, -0.2) is 38.8 Å². The van der Waals surface area contributed by atoms with Gasteiger partial charge in [0.05, 0.1) is 19.3 Å². The van der Waals surface area contributed by atoms with Crippen molar-refractivity contribution in [3.63, 3.8) is 0 Å². The maximum atomic E-state index is 10.8. The van der Waals surface area contributed by atoms with E-state index in [4.69, 9.17) is 11.5 Å². The van der Waals surface area contributed by atoms with Crippen molar-refractivity contribution in [2.75, 3.05) is 13.1 Å². The lowest BCUT2D eigenvalue weighted by atomic mass is 10.1. The molecule has 0 fully saturated rings. The summed E-state index contributed by atoms with van der Waals surface area (Å²) >= 11 is 0. The molecule has 0 aromatic carbocycles. The van der Waals surface area contributed by atoms with Gasteiger partial charge < -0.3 is 5.11 Å². The Bertz CT molecular complexity index is 420. The highest BCUT2D eigenvalue weighted by Crippen LogP contribution is 2.18. The minimum atomic E-state index is -0.880. The minimum absolute atomic E-state index is 0.0533. The first-order chi connectivity index (χ1) is 8.08. The molecule has 0 aliphatic carbocycles. The normalized spacial score (nSPS) is 12.4. The Morgan fingerprint density at radius 2 is 2.47 bits per heavy atom. The summed E-state index contributed by atoms with van der Waals surface area (Å²) in [6, 6.07) is -0.0533. The Hall–Kier alpha value is -1.80. The zero-order chi connectivity index (χ0) is 12.8. The second-order valence-electron chi connectivity index (χ2n) is 3.81. The molecule has 5 heteroatoms. The summed E-state index contributed by atoms with van der Waals surface area (Å²) in [6.07, 6.45) is 8.91. The fraction of sp³-hybridized carbons (Fsp3) is 0.500. The number of hydrogen-bond donors (Lipinski definition) is 1. The number of terminal acetylenes is 1.